The van der Waals surface area contributed by atoms with Gasteiger partial charge in [-0.2, -0.15) is 4.39 Å². The Bertz CT molecular complexity index is 570. The lowest BCUT2D eigenvalue weighted by Gasteiger charge is -2.08. The third-order valence-electron chi connectivity index (χ3n) is 3.23. The molecule has 0 fully saturated rings. The first-order chi connectivity index (χ1) is 10.2. The summed E-state index contributed by atoms with van der Waals surface area (Å²) in [6.07, 6.45) is 4.35. The van der Waals surface area contributed by atoms with Gasteiger partial charge in [-0.25, -0.2) is 4.98 Å². The monoisotopic (exact) mass is 289 g/mol. The first-order valence-electron chi connectivity index (χ1n) is 7.29. The van der Waals surface area contributed by atoms with Crippen molar-refractivity contribution in [1.82, 2.24) is 4.98 Å². The van der Waals surface area contributed by atoms with Crippen molar-refractivity contribution in [3.8, 4) is 22.8 Å². The predicted octanol–water partition coefficient (Wildman–Crippen LogP) is 4.55. The van der Waals surface area contributed by atoms with E-state index in [2.05, 4.69) is 11.9 Å². The second-order valence-corrected chi connectivity index (χ2v) is 4.94. The fourth-order valence-corrected chi connectivity index (χ4v) is 2.03. The zero-order valence-electron chi connectivity index (χ0n) is 12.2. The van der Waals surface area contributed by atoms with E-state index in [1.165, 1.54) is 6.42 Å². The zero-order chi connectivity index (χ0) is 15.1. The van der Waals surface area contributed by atoms with Crippen LogP contribution in [0.3, 0.4) is 0 Å². The van der Waals surface area contributed by atoms with Crippen LogP contribution in [0.4, 0.5) is 4.39 Å². The van der Waals surface area contributed by atoms with Gasteiger partial charge in [-0.3, -0.25) is 0 Å². The lowest BCUT2D eigenvalue weighted by atomic mass is 10.1. The van der Waals surface area contributed by atoms with Crippen molar-refractivity contribution in [2.24, 2.45) is 0 Å². The Morgan fingerprint density at radius 2 is 1.81 bits per heavy atom. The normalized spacial score (nSPS) is 10.6. The van der Waals surface area contributed by atoms with E-state index < -0.39 is 5.95 Å². The van der Waals surface area contributed by atoms with Gasteiger partial charge < -0.3 is 9.84 Å². The average Bonchev–Trinajstić information content (AvgIpc) is 2.49. The van der Waals surface area contributed by atoms with Gasteiger partial charge in [0.25, 0.3) is 5.95 Å². The Labute approximate surface area is 124 Å². The number of hydrogen-bond acceptors (Lipinski definition) is 3. The SMILES string of the molecule is CCCCCCOc1ccc(-c2ccc(O)cc2)nc1F. The molecule has 3 nitrogen and oxygen atoms in total. The second kappa shape index (κ2) is 7.62. The molecule has 0 amide bonds. The van der Waals surface area contributed by atoms with E-state index in [9.17, 15) is 9.50 Å². The van der Waals surface area contributed by atoms with Crippen LogP contribution in [0, 0.1) is 5.95 Å². The lowest BCUT2D eigenvalue weighted by molar-refractivity contribution is 0.286. The minimum atomic E-state index is -0.601. The van der Waals surface area contributed by atoms with Gasteiger partial charge >= 0.3 is 0 Å². The summed E-state index contributed by atoms with van der Waals surface area (Å²) in [5.41, 5.74) is 1.27. The van der Waals surface area contributed by atoms with E-state index in [0.29, 0.717) is 12.3 Å². The van der Waals surface area contributed by atoms with Gasteiger partial charge in [0.15, 0.2) is 5.75 Å². The molecule has 0 radical (unpaired) electrons. The zero-order valence-corrected chi connectivity index (χ0v) is 12.2. The molecule has 2 aromatic rings. The molecule has 0 bridgehead atoms. The number of aromatic nitrogens is 1. The van der Waals surface area contributed by atoms with Crippen molar-refractivity contribution in [2.75, 3.05) is 6.61 Å². The molecule has 0 spiro atoms. The lowest BCUT2D eigenvalue weighted by Crippen LogP contribution is -2.01. The Kier molecular flexibility index (Phi) is 5.55. The molecule has 21 heavy (non-hydrogen) atoms. The maximum Gasteiger partial charge on any atom is 0.255 e. The smallest absolute Gasteiger partial charge is 0.255 e. The van der Waals surface area contributed by atoms with Crippen LogP contribution in [0.5, 0.6) is 11.5 Å². The van der Waals surface area contributed by atoms with Crippen LogP contribution in [0.25, 0.3) is 11.3 Å². The molecular formula is C17H20FNO2. The number of phenols is 1. The van der Waals surface area contributed by atoms with Crippen molar-refractivity contribution in [3.63, 3.8) is 0 Å². The number of nitrogens with zero attached hydrogens (tertiary/aromatic N) is 1. The summed E-state index contributed by atoms with van der Waals surface area (Å²) < 4.78 is 19.3. The van der Waals surface area contributed by atoms with E-state index in [4.69, 9.17) is 4.74 Å². The summed E-state index contributed by atoms with van der Waals surface area (Å²) in [5.74, 6) is -0.239. The number of aromatic hydroxyl groups is 1. The number of halogens is 1. The van der Waals surface area contributed by atoms with Crippen LogP contribution in [0.2, 0.25) is 0 Å². The highest BCUT2D eigenvalue weighted by molar-refractivity contribution is 5.60. The number of rotatable bonds is 7. The minimum absolute atomic E-state index is 0.172. The minimum Gasteiger partial charge on any atom is -0.508 e. The molecule has 0 unspecified atom stereocenters. The molecule has 1 heterocycles. The van der Waals surface area contributed by atoms with Crippen LogP contribution in [-0.4, -0.2) is 16.7 Å². The van der Waals surface area contributed by atoms with Crippen molar-refractivity contribution < 1.29 is 14.2 Å². The highest BCUT2D eigenvalue weighted by Gasteiger charge is 2.08. The average molecular weight is 289 g/mol. The molecule has 0 saturated carbocycles. The quantitative estimate of drug-likeness (QED) is 0.600. The Balaban J connectivity index is 1.98. The highest BCUT2D eigenvalue weighted by Crippen LogP contribution is 2.24. The van der Waals surface area contributed by atoms with Gasteiger partial charge in [-0.1, -0.05) is 26.2 Å². The van der Waals surface area contributed by atoms with Crippen molar-refractivity contribution in [1.29, 1.82) is 0 Å². The summed E-state index contributed by atoms with van der Waals surface area (Å²) in [6, 6.07) is 9.81. The summed E-state index contributed by atoms with van der Waals surface area (Å²) in [5, 5.41) is 9.25. The Hall–Kier alpha value is -2.10. The first kappa shape index (κ1) is 15.3. The summed E-state index contributed by atoms with van der Waals surface area (Å²) in [4.78, 5) is 3.91. The van der Waals surface area contributed by atoms with E-state index in [1.54, 1.807) is 36.4 Å². The van der Waals surface area contributed by atoms with Crippen LogP contribution in [0.15, 0.2) is 36.4 Å². The maximum absolute atomic E-state index is 13.9. The Morgan fingerprint density at radius 1 is 1.05 bits per heavy atom. The number of unbranched alkanes of at least 4 members (excludes halogenated alkanes) is 3. The molecule has 0 atom stereocenters. The second-order valence-electron chi connectivity index (χ2n) is 4.94. The first-order valence-corrected chi connectivity index (χ1v) is 7.29. The summed E-state index contributed by atoms with van der Waals surface area (Å²) >= 11 is 0. The molecule has 1 aromatic carbocycles. The van der Waals surface area contributed by atoms with Gasteiger partial charge in [-0.15, -0.1) is 0 Å². The summed E-state index contributed by atoms with van der Waals surface area (Å²) in [7, 11) is 0. The van der Waals surface area contributed by atoms with Crippen LogP contribution >= 0.6 is 0 Å². The summed E-state index contributed by atoms with van der Waals surface area (Å²) in [6.45, 7) is 2.66. The van der Waals surface area contributed by atoms with Gasteiger partial charge in [0, 0.05) is 5.56 Å². The molecule has 1 N–H and O–H groups in total. The van der Waals surface area contributed by atoms with Gasteiger partial charge in [0.05, 0.1) is 12.3 Å². The van der Waals surface area contributed by atoms with Crippen LogP contribution in [0.1, 0.15) is 32.6 Å². The molecule has 112 valence electrons. The third-order valence-corrected chi connectivity index (χ3v) is 3.23. The standard InChI is InChI=1S/C17H20FNO2/c1-2-3-4-5-12-21-16-11-10-15(19-17(16)18)13-6-8-14(20)9-7-13/h6-11,20H,2-5,12H2,1H3. The molecule has 0 aliphatic rings. The van der Waals surface area contributed by atoms with Crippen molar-refractivity contribution in [3.05, 3.63) is 42.3 Å². The van der Waals surface area contributed by atoms with E-state index >= 15 is 0 Å². The van der Waals surface area contributed by atoms with Gasteiger partial charge in [0.1, 0.15) is 5.75 Å². The van der Waals surface area contributed by atoms with E-state index in [0.717, 1.165) is 24.8 Å². The fourth-order valence-electron chi connectivity index (χ4n) is 2.03. The fraction of sp³-hybridized carbons (Fsp3) is 0.353. The number of benzene rings is 1. The molecule has 0 aliphatic heterocycles. The Morgan fingerprint density at radius 3 is 2.48 bits per heavy atom. The van der Waals surface area contributed by atoms with Crippen LogP contribution < -0.4 is 4.74 Å². The molecule has 1 aromatic heterocycles. The molecule has 0 saturated heterocycles. The third kappa shape index (κ3) is 4.45. The van der Waals surface area contributed by atoms with E-state index in [1.807, 2.05) is 0 Å². The number of pyridine rings is 1. The van der Waals surface area contributed by atoms with Crippen molar-refractivity contribution in [2.45, 2.75) is 32.6 Å². The topological polar surface area (TPSA) is 42.4 Å². The van der Waals surface area contributed by atoms with Gasteiger partial charge in [-0.05, 0) is 42.8 Å². The molecule has 4 heteroatoms. The van der Waals surface area contributed by atoms with E-state index in [-0.39, 0.29) is 11.5 Å². The van der Waals surface area contributed by atoms with Crippen molar-refractivity contribution >= 4 is 0 Å². The number of phenolic OH excluding ortho intramolecular Hbond substituents is 1. The number of hydrogen-bond donors (Lipinski definition) is 1. The molecule has 0 aliphatic carbocycles. The number of ether oxygens (including phenoxy) is 1. The van der Waals surface area contributed by atoms with Gasteiger partial charge in [0.2, 0.25) is 0 Å². The highest BCUT2D eigenvalue weighted by atomic mass is 19.1. The molecule has 2 rings (SSSR count). The largest absolute Gasteiger partial charge is 0.508 e. The maximum atomic E-state index is 13.9. The predicted molar refractivity (Wildman–Crippen MR) is 80.9 cm³/mol. The van der Waals surface area contributed by atoms with Crippen LogP contribution in [-0.2, 0) is 0 Å². The molecular weight excluding hydrogens is 269 g/mol.